The van der Waals surface area contributed by atoms with Crippen molar-refractivity contribution in [1.82, 2.24) is 25.5 Å². The monoisotopic (exact) mass is 463 g/mol. The van der Waals surface area contributed by atoms with E-state index in [1.165, 1.54) is 5.57 Å². The Hall–Kier alpha value is -3.96. The van der Waals surface area contributed by atoms with Gasteiger partial charge >= 0.3 is 0 Å². The summed E-state index contributed by atoms with van der Waals surface area (Å²) in [6.07, 6.45) is 17.7. The fourth-order valence-corrected chi connectivity index (χ4v) is 4.22. The molecule has 1 aromatic carbocycles. The summed E-state index contributed by atoms with van der Waals surface area (Å²) in [6, 6.07) is 6.24. The molecule has 3 aromatic rings. The zero-order chi connectivity index (χ0) is 24.8. The molecule has 0 spiro atoms. The summed E-state index contributed by atoms with van der Waals surface area (Å²) < 4.78 is 0. The SMILES string of the molecule is C=C/C(=C\C(=C/C)C(=C)/C=c1/c(-c2nc3c(C4=CCC=C4)cccc3[nH]2)n[nH]/c1=C/C)CNCC. The Balaban J connectivity index is 1.79. The number of aromatic nitrogens is 4. The van der Waals surface area contributed by atoms with Crippen LogP contribution < -0.4 is 15.9 Å². The maximum Gasteiger partial charge on any atom is 0.159 e. The number of H-pyrrole nitrogens is 2. The lowest BCUT2D eigenvalue weighted by atomic mass is 10.0. The van der Waals surface area contributed by atoms with Crippen molar-refractivity contribution in [3.8, 4) is 11.5 Å². The van der Waals surface area contributed by atoms with E-state index in [0.29, 0.717) is 0 Å². The summed E-state index contributed by atoms with van der Waals surface area (Å²) in [5, 5.41) is 13.0. The Bertz CT molecular complexity index is 1500. The number of allylic oxidation sites excluding steroid dienone is 8. The van der Waals surface area contributed by atoms with Gasteiger partial charge in [0, 0.05) is 17.3 Å². The first kappa shape index (κ1) is 24.2. The van der Waals surface area contributed by atoms with Gasteiger partial charge in [-0.05, 0) is 61.2 Å². The zero-order valence-electron chi connectivity index (χ0n) is 20.8. The molecule has 0 saturated heterocycles. The number of para-hydroxylation sites is 1. The van der Waals surface area contributed by atoms with E-state index in [1.807, 2.05) is 26.0 Å². The molecule has 4 rings (SSSR count). The molecular weight excluding hydrogens is 430 g/mol. The molecule has 35 heavy (non-hydrogen) atoms. The van der Waals surface area contributed by atoms with E-state index in [-0.39, 0.29) is 0 Å². The van der Waals surface area contributed by atoms with Gasteiger partial charge < -0.3 is 10.3 Å². The van der Waals surface area contributed by atoms with Crippen LogP contribution in [0.3, 0.4) is 0 Å². The van der Waals surface area contributed by atoms with Gasteiger partial charge in [0.2, 0.25) is 0 Å². The van der Waals surface area contributed by atoms with Gasteiger partial charge in [-0.25, -0.2) is 4.98 Å². The van der Waals surface area contributed by atoms with Gasteiger partial charge in [-0.15, -0.1) is 0 Å². The van der Waals surface area contributed by atoms with Crippen molar-refractivity contribution in [1.29, 1.82) is 0 Å². The molecule has 5 nitrogen and oxygen atoms in total. The average Bonchev–Trinajstić information content (AvgIpc) is 3.63. The second-order valence-corrected chi connectivity index (χ2v) is 8.39. The van der Waals surface area contributed by atoms with Gasteiger partial charge in [0.1, 0.15) is 5.69 Å². The standard InChI is InChI=1S/C30H33N5/c1-6-21(19-31-9-4)18-22(7-2)20(5)17-25-26(8-3)34-35-29(25)30-32-27-16-12-15-24(28(27)33-30)23-13-10-11-14-23/h6-8,10,12-18,31,34H,1,5,9,11,19H2,2-4H3,(H,32,33)/b21-18+,22-7+,25-17+,26-8+. The first-order valence-corrected chi connectivity index (χ1v) is 12.1. The molecule has 0 radical (unpaired) electrons. The lowest BCUT2D eigenvalue weighted by Crippen LogP contribution is -2.24. The van der Waals surface area contributed by atoms with Crippen molar-refractivity contribution >= 4 is 28.8 Å². The first-order chi connectivity index (χ1) is 17.1. The third-order valence-corrected chi connectivity index (χ3v) is 6.12. The molecule has 0 bridgehead atoms. The van der Waals surface area contributed by atoms with Crippen LogP contribution in [0, 0.1) is 0 Å². The number of nitrogens with zero attached hydrogens (tertiary/aromatic N) is 2. The molecule has 0 atom stereocenters. The number of aromatic amines is 2. The number of hydrogen-bond donors (Lipinski definition) is 3. The number of rotatable bonds is 9. The normalized spacial score (nSPS) is 15.3. The lowest BCUT2D eigenvalue weighted by molar-refractivity contribution is 0.785. The fourth-order valence-electron chi connectivity index (χ4n) is 4.22. The fraction of sp³-hybridized carbons (Fsp3) is 0.200. The smallest absolute Gasteiger partial charge is 0.159 e. The summed E-state index contributed by atoms with van der Waals surface area (Å²) in [7, 11) is 0. The second kappa shape index (κ2) is 11.0. The van der Waals surface area contributed by atoms with E-state index in [0.717, 1.165) is 74.9 Å². The van der Waals surface area contributed by atoms with Gasteiger partial charge in [0.25, 0.3) is 0 Å². The van der Waals surface area contributed by atoms with E-state index >= 15 is 0 Å². The minimum Gasteiger partial charge on any atom is -0.337 e. The Morgan fingerprint density at radius 2 is 2.11 bits per heavy atom. The molecular formula is C30H33N5. The molecule has 0 unspecified atom stereocenters. The molecule has 0 amide bonds. The molecule has 5 heteroatoms. The predicted molar refractivity (Wildman–Crippen MR) is 149 cm³/mol. The number of hydrogen-bond acceptors (Lipinski definition) is 3. The van der Waals surface area contributed by atoms with Crippen molar-refractivity contribution in [2.24, 2.45) is 0 Å². The van der Waals surface area contributed by atoms with Crippen LogP contribution in [0.5, 0.6) is 0 Å². The molecule has 0 aliphatic heterocycles. The minimum absolute atomic E-state index is 0.731. The summed E-state index contributed by atoms with van der Waals surface area (Å²) in [5.74, 6) is 0.731. The quantitative estimate of drug-likeness (QED) is 0.387. The number of imidazole rings is 1. The van der Waals surface area contributed by atoms with Crippen molar-refractivity contribution < 1.29 is 0 Å². The molecule has 1 aliphatic rings. The second-order valence-electron chi connectivity index (χ2n) is 8.39. The van der Waals surface area contributed by atoms with Gasteiger partial charge in [0.05, 0.1) is 16.4 Å². The van der Waals surface area contributed by atoms with Crippen molar-refractivity contribution in [3.63, 3.8) is 0 Å². The number of nitrogens with one attached hydrogen (secondary N) is 3. The molecule has 0 saturated carbocycles. The largest absolute Gasteiger partial charge is 0.337 e. The Kier molecular flexibility index (Phi) is 7.58. The van der Waals surface area contributed by atoms with Gasteiger partial charge in [-0.2, -0.15) is 5.10 Å². The van der Waals surface area contributed by atoms with Crippen molar-refractivity contribution in [2.45, 2.75) is 27.2 Å². The van der Waals surface area contributed by atoms with Crippen LogP contribution in [0.25, 0.3) is 40.3 Å². The summed E-state index contributed by atoms with van der Waals surface area (Å²) >= 11 is 0. The highest BCUT2D eigenvalue weighted by molar-refractivity contribution is 5.94. The minimum atomic E-state index is 0.731. The molecule has 0 fully saturated rings. The molecule has 1 aliphatic carbocycles. The van der Waals surface area contributed by atoms with Gasteiger partial charge in [-0.1, -0.05) is 74.7 Å². The van der Waals surface area contributed by atoms with E-state index in [9.17, 15) is 0 Å². The summed E-state index contributed by atoms with van der Waals surface area (Å²) in [4.78, 5) is 8.46. The molecule has 2 heterocycles. The highest BCUT2D eigenvalue weighted by atomic mass is 15.1. The van der Waals surface area contributed by atoms with Crippen LogP contribution in [0.2, 0.25) is 0 Å². The number of likely N-dealkylation sites (N-methyl/N-ethyl adjacent to an activating group) is 1. The van der Waals surface area contributed by atoms with E-state index in [1.54, 1.807) is 0 Å². The zero-order valence-corrected chi connectivity index (χ0v) is 20.8. The van der Waals surface area contributed by atoms with Gasteiger partial charge in [-0.3, -0.25) is 5.10 Å². The van der Waals surface area contributed by atoms with Crippen LogP contribution in [0.4, 0.5) is 0 Å². The third-order valence-electron chi connectivity index (χ3n) is 6.12. The number of fused-ring (bicyclic) bond motifs is 1. The van der Waals surface area contributed by atoms with Crippen LogP contribution >= 0.6 is 0 Å². The molecule has 178 valence electrons. The van der Waals surface area contributed by atoms with Crippen LogP contribution in [0.15, 0.2) is 84.5 Å². The highest BCUT2D eigenvalue weighted by Crippen LogP contribution is 2.29. The first-order valence-electron chi connectivity index (χ1n) is 12.1. The van der Waals surface area contributed by atoms with E-state index in [4.69, 9.17) is 4.98 Å². The Morgan fingerprint density at radius 3 is 2.80 bits per heavy atom. The summed E-state index contributed by atoms with van der Waals surface area (Å²) in [5.41, 5.74) is 8.10. The topological polar surface area (TPSA) is 69.4 Å². The van der Waals surface area contributed by atoms with E-state index in [2.05, 4.69) is 95.2 Å². The average molecular weight is 464 g/mol. The third kappa shape index (κ3) is 5.10. The predicted octanol–water partition coefficient (Wildman–Crippen LogP) is 5.10. The van der Waals surface area contributed by atoms with Crippen LogP contribution in [0.1, 0.15) is 32.8 Å². The number of benzene rings is 1. The van der Waals surface area contributed by atoms with Crippen LogP contribution in [-0.2, 0) is 0 Å². The summed E-state index contributed by atoms with van der Waals surface area (Å²) in [6.45, 7) is 16.1. The maximum absolute atomic E-state index is 4.98. The molecule has 3 N–H and O–H groups in total. The van der Waals surface area contributed by atoms with Crippen LogP contribution in [-0.4, -0.2) is 33.3 Å². The highest BCUT2D eigenvalue weighted by Gasteiger charge is 2.15. The van der Waals surface area contributed by atoms with Crippen molar-refractivity contribution in [2.75, 3.05) is 13.1 Å². The van der Waals surface area contributed by atoms with Crippen molar-refractivity contribution in [3.05, 3.63) is 101 Å². The Labute approximate surface area is 206 Å². The van der Waals surface area contributed by atoms with Gasteiger partial charge in [0.15, 0.2) is 5.82 Å². The van der Waals surface area contributed by atoms with E-state index < -0.39 is 0 Å². The Morgan fingerprint density at radius 1 is 1.26 bits per heavy atom. The maximum atomic E-state index is 4.98. The molecule has 2 aromatic heterocycles. The lowest BCUT2D eigenvalue weighted by Gasteiger charge is -2.06.